The van der Waals surface area contributed by atoms with Gasteiger partial charge in [-0.1, -0.05) is 34.1 Å². The summed E-state index contributed by atoms with van der Waals surface area (Å²) >= 11 is 3.46. The number of nitrogens with one attached hydrogen (secondary N) is 1. The number of hydrogen-bond acceptors (Lipinski definition) is 3. The predicted octanol–water partition coefficient (Wildman–Crippen LogP) is 2.03. The van der Waals surface area contributed by atoms with Gasteiger partial charge >= 0.3 is 0 Å². The zero-order valence-corrected chi connectivity index (χ0v) is 11.4. The second kappa shape index (κ2) is 5.22. The highest BCUT2D eigenvalue weighted by Gasteiger charge is 2.17. The van der Waals surface area contributed by atoms with Crippen molar-refractivity contribution in [3.05, 3.63) is 46.1 Å². The van der Waals surface area contributed by atoms with E-state index in [-0.39, 0.29) is 5.91 Å². The van der Waals surface area contributed by atoms with Gasteiger partial charge in [-0.05, 0) is 11.6 Å². The molecule has 3 N–H and O–H groups in total. The Bertz CT molecular complexity index is 567. The summed E-state index contributed by atoms with van der Waals surface area (Å²) in [7, 11) is 1.73. The van der Waals surface area contributed by atoms with Crippen LogP contribution in [0.5, 0.6) is 0 Å². The molecule has 94 valence electrons. The molecule has 0 aliphatic carbocycles. The quantitative estimate of drug-likeness (QED) is 0.911. The van der Waals surface area contributed by atoms with Crippen LogP contribution in [0, 0.1) is 0 Å². The topological polar surface area (TPSA) is 75.0 Å². The van der Waals surface area contributed by atoms with Crippen LogP contribution < -0.4 is 5.73 Å². The van der Waals surface area contributed by atoms with Crippen LogP contribution in [0.4, 0.5) is 5.82 Å². The Morgan fingerprint density at radius 3 is 2.83 bits per heavy atom. The number of carbonyl (C=O) groups is 1. The maximum atomic E-state index is 12.1. The molecule has 18 heavy (non-hydrogen) atoms. The lowest BCUT2D eigenvalue weighted by atomic mass is 10.2. The Balaban J connectivity index is 2.14. The molecule has 1 aromatic heterocycles. The van der Waals surface area contributed by atoms with Gasteiger partial charge in [0.05, 0.1) is 6.20 Å². The highest BCUT2D eigenvalue weighted by atomic mass is 79.9. The molecule has 0 saturated heterocycles. The van der Waals surface area contributed by atoms with Crippen LogP contribution in [-0.2, 0) is 6.54 Å². The molecule has 1 amide bonds. The van der Waals surface area contributed by atoms with Gasteiger partial charge in [0.15, 0.2) is 0 Å². The van der Waals surface area contributed by atoms with Crippen molar-refractivity contribution in [2.75, 3.05) is 12.8 Å². The fourth-order valence-electron chi connectivity index (χ4n) is 1.63. The summed E-state index contributed by atoms with van der Waals surface area (Å²) < 4.78 is 0.977. The van der Waals surface area contributed by atoms with Crippen LogP contribution in [-0.4, -0.2) is 28.1 Å². The van der Waals surface area contributed by atoms with Gasteiger partial charge in [0.1, 0.15) is 11.4 Å². The summed E-state index contributed by atoms with van der Waals surface area (Å²) in [5.74, 6) is 0.135. The van der Waals surface area contributed by atoms with E-state index >= 15 is 0 Å². The molecular formula is C12H13BrN4O. The summed E-state index contributed by atoms with van der Waals surface area (Å²) in [5.41, 5.74) is 7.06. The molecule has 0 atom stereocenters. The van der Waals surface area contributed by atoms with Crippen molar-refractivity contribution in [1.29, 1.82) is 0 Å². The van der Waals surface area contributed by atoms with Gasteiger partial charge in [0, 0.05) is 18.1 Å². The Labute approximate surface area is 113 Å². The molecule has 0 radical (unpaired) electrons. The van der Waals surface area contributed by atoms with E-state index in [2.05, 4.69) is 26.1 Å². The molecule has 0 aliphatic heterocycles. The van der Waals surface area contributed by atoms with E-state index in [1.165, 1.54) is 6.20 Å². The van der Waals surface area contributed by atoms with Crippen LogP contribution in [0.1, 0.15) is 15.9 Å². The highest BCUT2D eigenvalue weighted by molar-refractivity contribution is 9.10. The van der Waals surface area contributed by atoms with E-state index in [9.17, 15) is 4.79 Å². The van der Waals surface area contributed by atoms with Crippen molar-refractivity contribution in [2.45, 2.75) is 6.54 Å². The number of aromatic nitrogens is 2. The predicted molar refractivity (Wildman–Crippen MR) is 72.9 cm³/mol. The molecule has 0 aliphatic rings. The highest BCUT2D eigenvalue weighted by Crippen LogP contribution is 2.18. The fraction of sp³-hybridized carbons (Fsp3) is 0.167. The third kappa shape index (κ3) is 2.53. The average molecular weight is 309 g/mol. The zero-order valence-electron chi connectivity index (χ0n) is 9.85. The van der Waals surface area contributed by atoms with Gasteiger partial charge in [-0.15, -0.1) is 0 Å². The van der Waals surface area contributed by atoms with Crippen molar-refractivity contribution >= 4 is 27.7 Å². The minimum absolute atomic E-state index is 0.156. The molecule has 1 heterocycles. The van der Waals surface area contributed by atoms with E-state index in [0.717, 1.165) is 10.0 Å². The van der Waals surface area contributed by atoms with Gasteiger partial charge in [0.2, 0.25) is 0 Å². The van der Waals surface area contributed by atoms with E-state index in [1.807, 2.05) is 24.3 Å². The number of benzene rings is 1. The summed E-state index contributed by atoms with van der Waals surface area (Å²) in [5, 5.41) is 6.29. The SMILES string of the molecule is CN(Cc1ccccc1Br)C(=O)c1cn[nH]c1N. The molecule has 0 fully saturated rings. The van der Waals surface area contributed by atoms with Gasteiger partial charge < -0.3 is 10.6 Å². The van der Waals surface area contributed by atoms with Gasteiger partial charge in [-0.25, -0.2) is 0 Å². The lowest BCUT2D eigenvalue weighted by molar-refractivity contribution is 0.0786. The van der Waals surface area contributed by atoms with Crippen molar-refractivity contribution in [3.63, 3.8) is 0 Å². The van der Waals surface area contributed by atoms with Gasteiger partial charge in [-0.3, -0.25) is 9.89 Å². The van der Waals surface area contributed by atoms with Gasteiger partial charge in [-0.2, -0.15) is 5.10 Å². The van der Waals surface area contributed by atoms with Crippen LogP contribution >= 0.6 is 15.9 Å². The maximum Gasteiger partial charge on any atom is 0.259 e. The number of halogens is 1. The van der Waals surface area contributed by atoms with Crippen molar-refractivity contribution in [1.82, 2.24) is 15.1 Å². The zero-order chi connectivity index (χ0) is 13.1. The average Bonchev–Trinajstić information content (AvgIpc) is 2.77. The molecular weight excluding hydrogens is 296 g/mol. The molecule has 0 unspecified atom stereocenters. The number of amides is 1. The van der Waals surface area contributed by atoms with Crippen LogP contribution in [0.15, 0.2) is 34.9 Å². The Morgan fingerprint density at radius 1 is 1.50 bits per heavy atom. The number of nitrogen functional groups attached to an aromatic ring is 1. The van der Waals surface area contributed by atoms with Crippen LogP contribution in [0.25, 0.3) is 0 Å². The van der Waals surface area contributed by atoms with Crippen LogP contribution in [0.2, 0.25) is 0 Å². The number of H-pyrrole nitrogens is 1. The van der Waals surface area contributed by atoms with Crippen molar-refractivity contribution in [3.8, 4) is 0 Å². The standard InChI is InChI=1S/C12H13BrN4O/c1-17(7-8-4-2-3-5-10(8)13)12(18)9-6-15-16-11(9)14/h2-6H,7H2,1H3,(H3,14,15,16). The lowest BCUT2D eigenvalue weighted by Crippen LogP contribution is -2.26. The summed E-state index contributed by atoms with van der Waals surface area (Å²) in [6.45, 7) is 0.505. The normalized spacial score (nSPS) is 10.3. The lowest BCUT2D eigenvalue weighted by Gasteiger charge is -2.17. The maximum absolute atomic E-state index is 12.1. The first-order valence-electron chi connectivity index (χ1n) is 5.37. The summed E-state index contributed by atoms with van der Waals surface area (Å²) in [6.07, 6.45) is 1.44. The third-order valence-electron chi connectivity index (χ3n) is 2.61. The Kier molecular flexibility index (Phi) is 3.66. The fourth-order valence-corrected chi connectivity index (χ4v) is 2.04. The first-order chi connectivity index (χ1) is 8.59. The molecule has 0 saturated carbocycles. The minimum atomic E-state index is -0.156. The van der Waals surface area contributed by atoms with E-state index in [0.29, 0.717) is 17.9 Å². The molecule has 2 aromatic rings. The molecule has 1 aromatic carbocycles. The molecule has 2 rings (SSSR count). The Hall–Kier alpha value is -1.82. The van der Waals surface area contributed by atoms with Crippen LogP contribution in [0.3, 0.4) is 0 Å². The number of carbonyl (C=O) groups excluding carboxylic acids is 1. The number of nitrogens with zero attached hydrogens (tertiary/aromatic N) is 2. The van der Waals surface area contributed by atoms with Gasteiger partial charge in [0.25, 0.3) is 5.91 Å². The molecule has 0 spiro atoms. The molecule has 5 nitrogen and oxygen atoms in total. The summed E-state index contributed by atoms with van der Waals surface area (Å²) in [6, 6.07) is 7.78. The third-order valence-corrected chi connectivity index (χ3v) is 3.38. The number of hydrogen-bond donors (Lipinski definition) is 2. The van der Waals surface area contributed by atoms with E-state index in [1.54, 1.807) is 11.9 Å². The van der Waals surface area contributed by atoms with Crippen molar-refractivity contribution < 1.29 is 4.79 Å². The first kappa shape index (κ1) is 12.6. The summed E-state index contributed by atoms with van der Waals surface area (Å²) in [4.78, 5) is 13.7. The molecule has 0 bridgehead atoms. The largest absolute Gasteiger partial charge is 0.383 e. The molecule has 6 heteroatoms. The number of nitrogens with two attached hydrogens (primary N) is 1. The van der Waals surface area contributed by atoms with E-state index in [4.69, 9.17) is 5.73 Å². The first-order valence-corrected chi connectivity index (χ1v) is 6.16. The minimum Gasteiger partial charge on any atom is -0.383 e. The van der Waals surface area contributed by atoms with E-state index < -0.39 is 0 Å². The second-order valence-electron chi connectivity index (χ2n) is 3.95. The number of rotatable bonds is 3. The Morgan fingerprint density at radius 2 is 2.22 bits per heavy atom. The smallest absolute Gasteiger partial charge is 0.259 e. The second-order valence-corrected chi connectivity index (χ2v) is 4.80. The monoisotopic (exact) mass is 308 g/mol. The number of anilines is 1. The van der Waals surface area contributed by atoms with Crippen molar-refractivity contribution in [2.24, 2.45) is 0 Å². The number of aromatic amines is 1.